The van der Waals surface area contributed by atoms with Crippen molar-refractivity contribution < 1.29 is 9.59 Å². The summed E-state index contributed by atoms with van der Waals surface area (Å²) in [7, 11) is 1.59. The van der Waals surface area contributed by atoms with Gasteiger partial charge in [-0.05, 0) is 30.2 Å². The molecule has 0 aromatic heterocycles. The van der Waals surface area contributed by atoms with Crippen LogP contribution >= 0.6 is 0 Å². The van der Waals surface area contributed by atoms with E-state index in [9.17, 15) is 9.59 Å². The lowest BCUT2D eigenvalue weighted by molar-refractivity contribution is -0.120. The average Bonchev–Trinajstić information content (AvgIpc) is 2.37. The van der Waals surface area contributed by atoms with Gasteiger partial charge in [-0.1, -0.05) is 0 Å². The Morgan fingerprint density at radius 3 is 2.94 bits per heavy atom. The zero-order valence-electron chi connectivity index (χ0n) is 10.4. The molecule has 0 unspecified atom stereocenters. The first kappa shape index (κ1) is 12.4. The SMILES string of the molecule is CNC(=O)CCN1C(=O)CCc2cc(N)ccc21. The van der Waals surface area contributed by atoms with Crippen molar-refractivity contribution in [2.75, 3.05) is 24.2 Å². The number of amides is 2. The van der Waals surface area contributed by atoms with Crippen molar-refractivity contribution in [2.24, 2.45) is 0 Å². The van der Waals surface area contributed by atoms with Gasteiger partial charge in [-0.25, -0.2) is 0 Å². The van der Waals surface area contributed by atoms with Crippen LogP contribution in [0.4, 0.5) is 11.4 Å². The second-order valence-corrected chi connectivity index (χ2v) is 4.36. The van der Waals surface area contributed by atoms with Crippen molar-refractivity contribution in [2.45, 2.75) is 19.3 Å². The summed E-state index contributed by atoms with van der Waals surface area (Å²) in [6, 6.07) is 5.53. The van der Waals surface area contributed by atoms with Crippen LogP contribution in [-0.2, 0) is 16.0 Å². The number of rotatable bonds is 3. The van der Waals surface area contributed by atoms with Gasteiger partial charge in [-0.15, -0.1) is 0 Å². The number of nitrogens with zero attached hydrogens (tertiary/aromatic N) is 1. The molecule has 3 N–H and O–H groups in total. The maximum atomic E-state index is 11.9. The van der Waals surface area contributed by atoms with Crippen LogP contribution in [0, 0.1) is 0 Å². The van der Waals surface area contributed by atoms with Crippen LogP contribution in [0.25, 0.3) is 0 Å². The highest BCUT2D eigenvalue weighted by Crippen LogP contribution is 2.29. The molecular weight excluding hydrogens is 230 g/mol. The van der Waals surface area contributed by atoms with Crippen molar-refractivity contribution in [3.63, 3.8) is 0 Å². The van der Waals surface area contributed by atoms with Crippen LogP contribution in [0.15, 0.2) is 18.2 Å². The summed E-state index contributed by atoms with van der Waals surface area (Å²) in [5.41, 5.74) is 8.40. The Kier molecular flexibility index (Phi) is 3.50. The van der Waals surface area contributed by atoms with E-state index in [1.165, 1.54) is 0 Å². The standard InChI is InChI=1S/C13H17N3O2/c1-15-12(17)6-7-16-11-4-3-10(14)8-9(11)2-5-13(16)18/h3-4,8H,2,5-7,14H2,1H3,(H,15,17). The molecule has 5 heteroatoms. The molecule has 1 aliphatic rings. The zero-order chi connectivity index (χ0) is 13.1. The van der Waals surface area contributed by atoms with Crippen LogP contribution in [-0.4, -0.2) is 25.4 Å². The van der Waals surface area contributed by atoms with Crippen molar-refractivity contribution in [1.82, 2.24) is 5.32 Å². The Balaban J connectivity index is 2.20. The molecule has 1 heterocycles. The average molecular weight is 247 g/mol. The minimum absolute atomic E-state index is 0.0645. The molecule has 1 aromatic rings. The first-order chi connectivity index (χ1) is 8.61. The largest absolute Gasteiger partial charge is 0.399 e. The second-order valence-electron chi connectivity index (χ2n) is 4.36. The van der Waals surface area contributed by atoms with Crippen LogP contribution in [0.3, 0.4) is 0 Å². The lowest BCUT2D eigenvalue weighted by Crippen LogP contribution is -2.37. The van der Waals surface area contributed by atoms with E-state index in [1.54, 1.807) is 18.0 Å². The van der Waals surface area contributed by atoms with Crippen LogP contribution in [0.1, 0.15) is 18.4 Å². The topological polar surface area (TPSA) is 75.4 Å². The highest BCUT2D eigenvalue weighted by atomic mass is 16.2. The monoisotopic (exact) mass is 247 g/mol. The number of anilines is 2. The molecule has 0 saturated heterocycles. The van der Waals surface area contributed by atoms with E-state index in [2.05, 4.69) is 5.32 Å². The molecule has 2 amide bonds. The molecule has 1 aliphatic heterocycles. The van der Waals surface area contributed by atoms with E-state index in [1.807, 2.05) is 12.1 Å². The van der Waals surface area contributed by atoms with Crippen molar-refractivity contribution in [3.05, 3.63) is 23.8 Å². The molecule has 18 heavy (non-hydrogen) atoms. The van der Waals surface area contributed by atoms with Gasteiger partial charge in [-0.3, -0.25) is 9.59 Å². The third-order valence-corrected chi connectivity index (χ3v) is 3.14. The molecule has 0 spiro atoms. The molecular formula is C13H17N3O2. The highest BCUT2D eigenvalue weighted by molar-refractivity contribution is 5.97. The number of nitrogens with one attached hydrogen (secondary N) is 1. The van der Waals surface area contributed by atoms with Gasteiger partial charge in [0, 0.05) is 37.8 Å². The Morgan fingerprint density at radius 1 is 1.44 bits per heavy atom. The Labute approximate surface area is 106 Å². The maximum absolute atomic E-state index is 11.9. The lowest BCUT2D eigenvalue weighted by atomic mass is 10.0. The molecule has 5 nitrogen and oxygen atoms in total. The highest BCUT2D eigenvalue weighted by Gasteiger charge is 2.24. The molecule has 0 bridgehead atoms. The normalized spacial score (nSPS) is 14.3. The van der Waals surface area contributed by atoms with Gasteiger partial charge in [-0.2, -0.15) is 0 Å². The number of nitrogen functional groups attached to an aromatic ring is 1. The fourth-order valence-corrected chi connectivity index (χ4v) is 2.16. The van der Waals surface area contributed by atoms with Gasteiger partial charge in [0.05, 0.1) is 0 Å². The van der Waals surface area contributed by atoms with E-state index in [-0.39, 0.29) is 11.8 Å². The van der Waals surface area contributed by atoms with Crippen LogP contribution in [0.2, 0.25) is 0 Å². The Hall–Kier alpha value is -2.04. The molecule has 0 fully saturated rings. The number of hydrogen-bond donors (Lipinski definition) is 2. The first-order valence-corrected chi connectivity index (χ1v) is 6.01. The Morgan fingerprint density at radius 2 is 2.22 bits per heavy atom. The van der Waals surface area contributed by atoms with Gasteiger partial charge in [0.2, 0.25) is 11.8 Å². The number of carbonyl (C=O) groups excluding carboxylic acids is 2. The molecule has 0 radical (unpaired) electrons. The second kappa shape index (κ2) is 5.08. The number of nitrogens with two attached hydrogens (primary N) is 1. The van der Waals surface area contributed by atoms with Gasteiger partial charge >= 0.3 is 0 Å². The van der Waals surface area contributed by atoms with E-state index >= 15 is 0 Å². The van der Waals surface area contributed by atoms with E-state index < -0.39 is 0 Å². The van der Waals surface area contributed by atoms with Crippen LogP contribution < -0.4 is 16.0 Å². The quantitative estimate of drug-likeness (QED) is 0.771. The predicted molar refractivity (Wildman–Crippen MR) is 70.2 cm³/mol. The summed E-state index contributed by atoms with van der Waals surface area (Å²) in [5, 5.41) is 2.56. The summed E-state index contributed by atoms with van der Waals surface area (Å²) >= 11 is 0. The van der Waals surface area contributed by atoms with Gasteiger partial charge in [0.15, 0.2) is 0 Å². The summed E-state index contributed by atoms with van der Waals surface area (Å²) in [4.78, 5) is 24.8. The third-order valence-electron chi connectivity index (χ3n) is 3.14. The minimum atomic E-state index is -0.0645. The molecule has 96 valence electrons. The Bertz CT molecular complexity index is 485. The number of carbonyl (C=O) groups is 2. The number of fused-ring (bicyclic) bond motifs is 1. The lowest BCUT2D eigenvalue weighted by Gasteiger charge is -2.29. The first-order valence-electron chi connectivity index (χ1n) is 6.01. The van der Waals surface area contributed by atoms with E-state index in [0.717, 1.165) is 17.7 Å². The van der Waals surface area contributed by atoms with E-state index in [4.69, 9.17) is 5.73 Å². The molecule has 0 aliphatic carbocycles. The molecule has 2 rings (SSSR count). The van der Waals surface area contributed by atoms with Crippen LogP contribution in [0.5, 0.6) is 0 Å². The minimum Gasteiger partial charge on any atom is -0.399 e. The smallest absolute Gasteiger partial charge is 0.227 e. The third kappa shape index (κ3) is 2.45. The number of hydrogen-bond acceptors (Lipinski definition) is 3. The summed E-state index contributed by atoms with van der Waals surface area (Å²) in [6.45, 7) is 0.412. The molecule has 0 saturated carbocycles. The summed E-state index contributed by atoms with van der Waals surface area (Å²) < 4.78 is 0. The summed E-state index contributed by atoms with van der Waals surface area (Å²) in [5.74, 6) is 0.00143. The van der Waals surface area contributed by atoms with Gasteiger partial charge < -0.3 is 16.0 Å². The zero-order valence-corrected chi connectivity index (χ0v) is 10.4. The van der Waals surface area contributed by atoms with Crippen molar-refractivity contribution >= 4 is 23.2 Å². The number of aryl methyl sites for hydroxylation is 1. The molecule has 1 aromatic carbocycles. The summed E-state index contributed by atoms with van der Waals surface area (Å²) in [6.07, 6.45) is 1.51. The molecule has 0 atom stereocenters. The fourth-order valence-electron chi connectivity index (χ4n) is 2.16. The van der Waals surface area contributed by atoms with Gasteiger partial charge in [0.1, 0.15) is 0 Å². The van der Waals surface area contributed by atoms with Crippen molar-refractivity contribution in [3.8, 4) is 0 Å². The predicted octanol–water partition coefficient (Wildman–Crippen LogP) is 0.684. The maximum Gasteiger partial charge on any atom is 0.227 e. The fraction of sp³-hybridized carbons (Fsp3) is 0.385. The van der Waals surface area contributed by atoms with E-state index in [0.29, 0.717) is 25.1 Å². The number of benzene rings is 1. The van der Waals surface area contributed by atoms with Crippen molar-refractivity contribution in [1.29, 1.82) is 0 Å². The van der Waals surface area contributed by atoms with Gasteiger partial charge in [0.25, 0.3) is 0 Å².